The fraction of sp³-hybridized carbons (Fsp3) is 0.235. The van der Waals surface area contributed by atoms with E-state index in [9.17, 15) is 4.79 Å². The lowest BCUT2D eigenvalue weighted by Gasteiger charge is -2.09. The van der Waals surface area contributed by atoms with Gasteiger partial charge in [0.15, 0.2) is 0 Å². The molecule has 6 nitrogen and oxygen atoms in total. The van der Waals surface area contributed by atoms with Gasteiger partial charge in [0.05, 0.1) is 17.4 Å². The summed E-state index contributed by atoms with van der Waals surface area (Å²) in [5.74, 6) is 0. The molecule has 3 aromatic rings. The minimum absolute atomic E-state index is 0.203. The highest BCUT2D eigenvalue weighted by Crippen LogP contribution is 2.20. The monoisotopic (exact) mass is 309 g/mol. The molecule has 0 unspecified atom stereocenters. The summed E-state index contributed by atoms with van der Waals surface area (Å²) in [7, 11) is 0. The Morgan fingerprint density at radius 1 is 1.26 bits per heavy atom. The zero-order valence-corrected chi connectivity index (χ0v) is 13.0. The Morgan fingerprint density at radius 3 is 3.00 bits per heavy atom. The first kappa shape index (κ1) is 15.0. The van der Waals surface area contributed by atoms with Crippen molar-refractivity contribution in [2.24, 2.45) is 0 Å². The molecule has 0 radical (unpaired) electrons. The van der Waals surface area contributed by atoms with Crippen LogP contribution in [0.2, 0.25) is 0 Å². The maximum Gasteiger partial charge on any atom is 0.319 e. The van der Waals surface area contributed by atoms with Gasteiger partial charge in [0.25, 0.3) is 0 Å². The number of rotatable bonds is 5. The third kappa shape index (κ3) is 3.66. The van der Waals surface area contributed by atoms with Gasteiger partial charge >= 0.3 is 6.03 Å². The highest BCUT2D eigenvalue weighted by Gasteiger charge is 2.06. The number of pyridine rings is 1. The number of urea groups is 1. The van der Waals surface area contributed by atoms with Crippen molar-refractivity contribution in [2.45, 2.75) is 19.8 Å². The Balaban J connectivity index is 1.52. The largest absolute Gasteiger partial charge is 0.338 e. The summed E-state index contributed by atoms with van der Waals surface area (Å²) < 4.78 is 0. The Morgan fingerprint density at radius 2 is 2.17 bits per heavy atom. The van der Waals surface area contributed by atoms with Crippen LogP contribution in [0.5, 0.6) is 0 Å². The van der Waals surface area contributed by atoms with Gasteiger partial charge in [-0.15, -0.1) is 0 Å². The third-order valence-electron chi connectivity index (χ3n) is 3.74. The van der Waals surface area contributed by atoms with E-state index in [-0.39, 0.29) is 6.03 Å². The van der Waals surface area contributed by atoms with Crippen LogP contribution in [0.25, 0.3) is 10.9 Å². The molecule has 0 aliphatic heterocycles. The van der Waals surface area contributed by atoms with Crippen LogP contribution in [0.15, 0.2) is 42.7 Å². The summed E-state index contributed by atoms with van der Waals surface area (Å²) >= 11 is 0. The number of nitrogens with one attached hydrogen (secondary N) is 3. The Labute approximate surface area is 134 Å². The average molecular weight is 309 g/mol. The van der Waals surface area contributed by atoms with Crippen LogP contribution in [0.4, 0.5) is 10.5 Å². The highest BCUT2D eigenvalue weighted by atomic mass is 16.2. The van der Waals surface area contributed by atoms with Crippen molar-refractivity contribution in [1.29, 1.82) is 0 Å². The minimum Gasteiger partial charge on any atom is -0.338 e. The number of aryl methyl sites for hydroxylation is 2. The molecule has 3 rings (SSSR count). The first-order valence-corrected chi connectivity index (χ1v) is 7.61. The average Bonchev–Trinajstić information content (AvgIpc) is 2.97. The molecule has 0 saturated carbocycles. The summed E-state index contributed by atoms with van der Waals surface area (Å²) in [5, 5.41) is 13.6. The molecule has 0 aliphatic carbocycles. The van der Waals surface area contributed by atoms with E-state index in [4.69, 9.17) is 0 Å². The van der Waals surface area contributed by atoms with Gasteiger partial charge in [-0.2, -0.15) is 5.10 Å². The normalized spacial score (nSPS) is 10.7. The van der Waals surface area contributed by atoms with E-state index in [0.717, 1.165) is 35.1 Å². The number of anilines is 1. The molecule has 0 bridgehead atoms. The standard InChI is InChI=1S/C17H19N5O/c1-12-13(11-20-22-12)5-3-10-19-17(23)21-16-8-2-7-15-14(16)6-4-9-18-15/h2,4,6-9,11H,3,5,10H2,1H3,(H,20,22)(H2,19,21,23). The quantitative estimate of drug-likeness (QED) is 0.634. The van der Waals surface area contributed by atoms with E-state index in [0.29, 0.717) is 6.54 Å². The molecular formula is C17H19N5O. The number of fused-ring (bicyclic) bond motifs is 1. The summed E-state index contributed by atoms with van der Waals surface area (Å²) in [4.78, 5) is 16.3. The number of nitrogens with zero attached hydrogens (tertiary/aromatic N) is 2. The van der Waals surface area contributed by atoms with Gasteiger partial charge in [-0.1, -0.05) is 6.07 Å². The van der Waals surface area contributed by atoms with Crippen molar-refractivity contribution in [1.82, 2.24) is 20.5 Å². The smallest absolute Gasteiger partial charge is 0.319 e. The van der Waals surface area contributed by atoms with Gasteiger partial charge in [-0.05, 0) is 49.6 Å². The highest BCUT2D eigenvalue weighted by molar-refractivity contribution is 6.00. The van der Waals surface area contributed by atoms with Gasteiger partial charge in [-0.3, -0.25) is 10.1 Å². The van der Waals surface area contributed by atoms with Gasteiger partial charge in [0, 0.05) is 23.8 Å². The predicted molar refractivity (Wildman–Crippen MR) is 90.4 cm³/mol. The number of carbonyl (C=O) groups excluding carboxylic acids is 1. The topological polar surface area (TPSA) is 82.7 Å². The van der Waals surface area contributed by atoms with Crippen LogP contribution in [-0.4, -0.2) is 27.8 Å². The van der Waals surface area contributed by atoms with Crippen LogP contribution in [0, 0.1) is 6.92 Å². The molecule has 118 valence electrons. The van der Waals surface area contributed by atoms with Crippen molar-refractivity contribution < 1.29 is 4.79 Å². The van der Waals surface area contributed by atoms with Crippen molar-refractivity contribution in [3.05, 3.63) is 54.0 Å². The summed E-state index contributed by atoms with van der Waals surface area (Å²) in [6.07, 6.45) is 5.33. The van der Waals surface area contributed by atoms with Gasteiger partial charge < -0.3 is 10.6 Å². The molecule has 2 heterocycles. The number of hydrogen-bond donors (Lipinski definition) is 3. The zero-order chi connectivity index (χ0) is 16.1. The first-order valence-electron chi connectivity index (χ1n) is 7.61. The Hall–Kier alpha value is -2.89. The molecule has 0 fully saturated rings. The Kier molecular flexibility index (Phi) is 4.52. The molecule has 0 aliphatic rings. The molecular weight excluding hydrogens is 290 g/mol. The second-order valence-corrected chi connectivity index (χ2v) is 5.38. The molecule has 2 aromatic heterocycles. The minimum atomic E-state index is -0.203. The lowest BCUT2D eigenvalue weighted by atomic mass is 10.1. The van der Waals surface area contributed by atoms with E-state index in [1.807, 2.05) is 43.5 Å². The number of amides is 2. The second-order valence-electron chi connectivity index (χ2n) is 5.38. The molecule has 2 amide bonds. The van der Waals surface area contributed by atoms with Crippen LogP contribution >= 0.6 is 0 Å². The van der Waals surface area contributed by atoms with Crippen LogP contribution in [-0.2, 0) is 6.42 Å². The van der Waals surface area contributed by atoms with Crippen molar-refractivity contribution in [3.63, 3.8) is 0 Å². The van der Waals surface area contributed by atoms with Crippen molar-refractivity contribution in [2.75, 3.05) is 11.9 Å². The predicted octanol–water partition coefficient (Wildman–Crippen LogP) is 3.02. The number of carbonyl (C=O) groups is 1. The summed E-state index contributed by atoms with van der Waals surface area (Å²) in [6, 6.07) is 9.28. The zero-order valence-electron chi connectivity index (χ0n) is 13.0. The molecule has 1 aromatic carbocycles. The number of hydrogen-bond acceptors (Lipinski definition) is 3. The molecule has 6 heteroatoms. The van der Waals surface area contributed by atoms with Gasteiger partial charge in [-0.25, -0.2) is 4.79 Å². The van der Waals surface area contributed by atoms with Gasteiger partial charge in [0.2, 0.25) is 0 Å². The lowest BCUT2D eigenvalue weighted by Crippen LogP contribution is -2.29. The summed E-state index contributed by atoms with van der Waals surface area (Å²) in [6.45, 7) is 2.61. The molecule has 0 atom stereocenters. The van der Waals surface area contributed by atoms with E-state index in [1.54, 1.807) is 6.20 Å². The first-order chi connectivity index (χ1) is 11.2. The number of aromatic amines is 1. The molecule has 23 heavy (non-hydrogen) atoms. The Bertz CT molecular complexity index is 806. The van der Waals surface area contributed by atoms with Gasteiger partial charge in [0.1, 0.15) is 0 Å². The van der Waals surface area contributed by atoms with E-state index in [1.165, 1.54) is 5.56 Å². The van der Waals surface area contributed by atoms with Crippen LogP contribution in [0.1, 0.15) is 17.7 Å². The van der Waals surface area contributed by atoms with E-state index in [2.05, 4.69) is 25.8 Å². The van der Waals surface area contributed by atoms with Crippen LogP contribution < -0.4 is 10.6 Å². The number of H-pyrrole nitrogens is 1. The molecule has 0 saturated heterocycles. The molecule has 0 spiro atoms. The van der Waals surface area contributed by atoms with Crippen molar-refractivity contribution in [3.8, 4) is 0 Å². The maximum atomic E-state index is 12.0. The fourth-order valence-electron chi connectivity index (χ4n) is 2.49. The van der Waals surface area contributed by atoms with E-state index < -0.39 is 0 Å². The maximum absolute atomic E-state index is 12.0. The summed E-state index contributed by atoms with van der Waals surface area (Å²) in [5.41, 5.74) is 3.89. The van der Waals surface area contributed by atoms with E-state index >= 15 is 0 Å². The number of benzene rings is 1. The lowest BCUT2D eigenvalue weighted by molar-refractivity contribution is 0.252. The second kappa shape index (κ2) is 6.91. The fourth-order valence-corrected chi connectivity index (χ4v) is 2.49. The SMILES string of the molecule is Cc1[nH]ncc1CCCNC(=O)Nc1cccc2ncccc12. The third-order valence-corrected chi connectivity index (χ3v) is 3.74. The number of aromatic nitrogens is 3. The molecule has 3 N–H and O–H groups in total. The van der Waals surface area contributed by atoms with Crippen molar-refractivity contribution >= 4 is 22.6 Å². The van der Waals surface area contributed by atoms with Crippen LogP contribution in [0.3, 0.4) is 0 Å².